The number of H-pyrrole nitrogens is 1. The molecular formula is C22H29N3O2. The third-order valence-electron chi connectivity index (χ3n) is 6.28. The molecule has 2 N–H and O–H groups in total. The van der Waals surface area contributed by atoms with E-state index in [1.165, 1.54) is 5.56 Å². The molecule has 2 fully saturated rings. The number of rotatable bonds is 6. The summed E-state index contributed by atoms with van der Waals surface area (Å²) in [5, 5.41) is 17.6. The van der Waals surface area contributed by atoms with E-state index in [0.29, 0.717) is 11.6 Å². The normalized spacial score (nSPS) is 26.9. The quantitative estimate of drug-likeness (QED) is 0.824. The van der Waals surface area contributed by atoms with Gasteiger partial charge in [-0.1, -0.05) is 44.2 Å². The molecule has 2 saturated heterocycles. The highest BCUT2D eigenvalue weighted by atomic mass is 16.3. The van der Waals surface area contributed by atoms with Crippen molar-refractivity contribution in [3.63, 3.8) is 0 Å². The lowest BCUT2D eigenvalue weighted by Crippen LogP contribution is -2.44. The van der Waals surface area contributed by atoms with E-state index in [0.717, 1.165) is 37.8 Å². The Kier molecular flexibility index (Phi) is 4.81. The third-order valence-corrected chi connectivity index (χ3v) is 6.28. The zero-order valence-corrected chi connectivity index (χ0v) is 16.2. The molecule has 1 aromatic heterocycles. The van der Waals surface area contributed by atoms with Gasteiger partial charge in [0.2, 0.25) is 0 Å². The van der Waals surface area contributed by atoms with E-state index in [9.17, 15) is 9.90 Å². The molecule has 5 nitrogen and oxygen atoms in total. The summed E-state index contributed by atoms with van der Waals surface area (Å²) in [6, 6.07) is 12.5. The van der Waals surface area contributed by atoms with Gasteiger partial charge in [0.25, 0.3) is 5.91 Å². The Morgan fingerprint density at radius 3 is 2.81 bits per heavy atom. The number of aromatic amines is 1. The lowest BCUT2D eigenvalue weighted by molar-refractivity contribution is 0.0566. The van der Waals surface area contributed by atoms with Gasteiger partial charge in [-0.2, -0.15) is 5.10 Å². The second kappa shape index (κ2) is 7.12. The molecule has 4 rings (SSSR count). The van der Waals surface area contributed by atoms with Crippen LogP contribution in [0, 0.1) is 11.3 Å². The number of fused-ring (bicyclic) bond motifs is 2. The van der Waals surface area contributed by atoms with Gasteiger partial charge in [0.05, 0.1) is 6.61 Å². The fourth-order valence-electron chi connectivity index (χ4n) is 5.16. The Balaban J connectivity index is 1.56. The van der Waals surface area contributed by atoms with Crippen LogP contribution in [0.1, 0.15) is 54.9 Å². The number of amides is 1. The first kappa shape index (κ1) is 18.2. The molecule has 2 aliphatic rings. The average molecular weight is 367 g/mol. The first-order valence-corrected chi connectivity index (χ1v) is 10.0. The number of nitrogens with one attached hydrogen (secondary N) is 1. The summed E-state index contributed by atoms with van der Waals surface area (Å²) in [4.78, 5) is 15.2. The summed E-state index contributed by atoms with van der Waals surface area (Å²) in [7, 11) is 0. The molecule has 1 amide bonds. The summed E-state index contributed by atoms with van der Waals surface area (Å²) in [6.07, 6.45) is 4.57. The minimum absolute atomic E-state index is 0.0112. The molecular weight excluding hydrogens is 338 g/mol. The van der Waals surface area contributed by atoms with E-state index in [1.807, 2.05) is 29.2 Å². The number of carbonyl (C=O) groups excluding carboxylic acids is 1. The molecule has 1 aromatic carbocycles. The Labute approximate surface area is 160 Å². The lowest BCUT2D eigenvalue weighted by Gasteiger charge is -2.36. The summed E-state index contributed by atoms with van der Waals surface area (Å²) < 4.78 is 0. The standard InChI is InChI=1S/C22H29N3O2/c1-15(2)10-17-11-19(24-23-17)21(27)25-18-8-9-20(25)22(13-18,14-26)12-16-6-4-3-5-7-16/h3-7,11,15,18,20,26H,8-10,12-14H2,1-2H3,(H,23,24)/t18-,20+,22-/m0/s1. The Bertz CT molecular complexity index is 801. The largest absolute Gasteiger partial charge is 0.396 e. The second-order valence-corrected chi connectivity index (χ2v) is 8.72. The van der Waals surface area contributed by atoms with Gasteiger partial charge in [-0.3, -0.25) is 9.89 Å². The maximum absolute atomic E-state index is 13.2. The minimum Gasteiger partial charge on any atom is -0.396 e. The van der Waals surface area contributed by atoms with Crippen molar-refractivity contribution in [2.45, 2.75) is 58.0 Å². The van der Waals surface area contributed by atoms with Gasteiger partial charge in [0, 0.05) is 23.2 Å². The van der Waals surface area contributed by atoms with Gasteiger partial charge in [0.1, 0.15) is 5.69 Å². The highest BCUT2D eigenvalue weighted by Gasteiger charge is 2.57. The van der Waals surface area contributed by atoms with Crippen molar-refractivity contribution in [3.8, 4) is 0 Å². The SMILES string of the molecule is CC(C)Cc1cc(C(=O)N2[C@H]3CC[C@@H]2[C@@](CO)(Cc2ccccc2)C3)n[nH]1. The first-order chi connectivity index (χ1) is 13.0. The van der Waals surface area contributed by atoms with Crippen molar-refractivity contribution in [2.24, 2.45) is 11.3 Å². The van der Waals surface area contributed by atoms with E-state index in [2.05, 4.69) is 36.2 Å². The number of benzene rings is 1. The molecule has 0 aliphatic carbocycles. The number of carbonyl (C=O) groups is 1. The predicted molar refractivity (Wildman–Crippen MR) is 104 cm³/mol. The lowest BCUT2D eigenvalue weighted by atomic mass is 9.70. The summed E-state index contributed by atoms with van der Waals surface area (Å²) >= 11 is 0. The number of hydrogen-bond donors (Lipinski definition) is 2. The van der Waals surface area contributed by atoms with Crippen LogP contribution >= 0.6 is 0 Å². The zero-order chi connectivity index (χ0) is 19.0. The van der Waals surface area contributed by atoms with Crippen LogP contribution in [0.15, 0.2) is 36.4 Å². The minimum atomic E-state index is -0.239. The van der Waals surface area contributed by atoms with E-state index in [-0.39, 0.29) is 30.0 Å². The highest BCUT2D eigenvalue weighted by molar-refractivity contribution is 5.93. The number of aromatic nitrogens is 2. The van der Waals surface area contributed by atoms with Gasteiger partial charge in [0.15, 0.2) is 0 Å². The second-order valence-electron chi connectivity index (χ2n) is 8.72. The van der Waals surface area contributed by atoms with E-state index < -0.39 is 0 Å². The zero-order valence-electron chi connectivity index (χ0n) is 16.2. The predicted octanol–water partition coefficient (Wildman–Crippen LogP) is 3.21. The molecule has 3 atom stereocenters. The summed E-state index contributed by atoms with van der Waals surface area (Å²) in [6.45, 7) is 4.43. The van der Waals surface area contributed by atoms with E-state index in [4.69, 9.17) is 0 Å². The van der Waals surface area contributed by atoms with Crippen LogP contribution in [0.25, 0.3) is 0 Å². The van der Waals surface area contributed by atoms with Crippen molar-refractivity contribution >= 4 is 5.91 Å². The fraction of sp³-hybridized carbons (Fsp3) is 0.545. The first-order valence-electron chi connectivity index (χ1n) is 10.0. The Morgan fingerprint density at radius 1 is 1.33 bits per heavy atom. The third kappa shape index (κ3) is 3.29. The maximum Gasteiger partial charge on any atom is 0.274 e. The molecule has 5 heteroatoms. The van der Waals surface area contributed by atoms with Crippen molar-refractivity contribution in [1.29, 1.82) is 0 Å². The van der Waals surface area contributed by atoms with Crippen molar-refractivity contribution < 1.29 is 9.90 Å². The number of aliphatic hydroxyl groups is 1. The molecule has 2 aromatic rings. The molecule has 27 heavy (non-hydrogen) atoms. The highest BCUT2D eigenvalue weighted by Crippen LogP contribution is 2.51. The van der Waals surface area contributed by atoms with Crippen LogP contribution < -0.4 is 0 Å². The number of hydrogen-bond acceptors (Lipinski definition) is 3. The van der Waals surface area contributed by atoms with Gasteiger partial charge >= 0.3 is 0 Å². The molecule has 0 saturated carbocycles. The van der Waals surface area contributed by atoms with Gasteiger partial charge < -0.3 is 10.0 Å². The van der Waals surface area contributed by atoms with E-state index in [1.54, 1.807) is 0 Å². The van der Waals surface area contributed by atoms with Gasteiger partial charge in [-0.25, -0.2) is 0 Å². The van der Waals surface area contributed by atoms with E-state index >= 15 is 0 Å². The molecule has 0 unspecified atom stereocenters. The van der Waals surface area contributed by atoms with Crippen LogP contribution in [0.3, 0.4) is 0 Å². The Morgan fingerprint density at radius 2 is 2.11 bits per heavy atom. The fourth-order valence-corrected chi connectivity index (χ4v) is 5.16. The van der Waals surface area contributed by atoms with Crippen LogP contribution in [0.5, 0.6) is 0 Å². The number of aliphatic hydroxyl groups excluding tert-OH is 1. The van der Waals surface area contributed by atoms with Gasteiger partial charge in [-0.05, 0) is 49.7 Å². The molecule has 0 spiro atoms. The Hall–Kier alpha value is -2.14. The topological polar surface area (TPSA) is 69.2 Å². The summed E-state index contributed by atoms with van der Waals surface area (Å²) in [5.74, 6) is 0.529. The van der Waals surface area contributed by atoms with Crippen molar-refractivity contribution in [1.82, 2.24) is 15.1 Å². The van der Waals surface area contributed by atoms with Crippen LogP contribution in [-0.2, 0) is 12.8 Å². The van der Waals surface area contributed by atoms with Gasteiger partial charge in [-0.15, -0.1) is 0 Å². The molecule has 144 valence electrons. The molecule has 0 radical (unpaired) electrons. The van der Waals surface area contributed by atoms with Crippen LogP contribution in [0.2, 0.25) is 0 Å². The smallest absolute Gasteiger partial charge is 0.274 e. The van der Waals surface area contributed by atoms with Crippen molar-refractivity contribution in [3.05, 3.63) is 53.3 Å². The summed E-state index contributed by atoms with van der Waals surface area (Å²) in [5.41, 5.74) is 2.51. The van der Waals surface area contributed by atoms with Crippen LogP contribution in [-0.4, -0.2) is 44.8 Å². The molecule has 2 aliphatic heterocycles. The number of nitrogens with zero attached hydrogens (tertiary/aromatic N) is 2. The monoisotopic (exact) mass is 367 g/mol. The van der Waals surface area contributed by atoms with Crippen molar-refractivity contribution in [2.75, 3.05) is 6.61 Å². The maximum atomic E-state index is 13.2. The average Bonchev–Trinajstić information content (AvgIpc) is 3.35. The molecule has 2 bridgehead atoms. The molecule has 3 heterocycles. The van der Waals surface area contributed by atoms with Crippen LogP contribution in [0.4, 0.5) is 0 Å².